The highest BCUT2D eigenvalue weighted by molar-refractivity contribution is 5.76. The van der Waals surface area contributed by atoms with Gasteiger partial charge < -0.3 is 15.4 Å². The number of nitrogens with zero attached hydrogens (tertiary/aromatic N) is 1. The van der Waals surface area contributed by atoms with E-state index in [1.165, 1.54) is 0 Å². The first-order chi connectivity index (χ1) is 10.1. The molecule has 0 spiro atoms. The number of ether oxygens (including phenoxy) is 1. The second kappa shape index (κ2) is 8.98. The molecule has 5 heteroatoms. The zero-order valence-corrected chi connectivity index (χ0v) is 12.9. The monoisotopic (exact) mass is 289 g/mol. The Morgan fingerprint density at radius 1 is 1.43 bits per heavy atom. The number of hydrogen-bond donors (Lipinski definition) is 2. The molecule has 0 aliphatic heterocycles. The fourth-order valence-corrected chi connectivity index (χ4v) is 1.78. The second-order valence-electron chi connectivity index (χ2n) is 5.27. The van der Waals surface area contributed by atoms with Crippen LogP contribution in [0.3, 0.4) is 0 Å². The number of carbonyl (C=O) groups excluding carboxylic acids is 1. The highest BCUT2D eigenvalue weighted by Crippen LogP contribution is 2.18. The maximum Gasteiger partial charge on any atom is 0.221 e. The van der Waals surface area contributed by atoms with Crippen LogP contribution in [-0.2, 0) is 11.3 Å². The molecule has 0 fully saturated rings. The molecule has 0 saturated heterocycles. The van der Waals surface area contributed by atoms with Gasteiger partial charge in [-0.1, -0.05) is 19.9 Å². The van der Waals surface area contributed by atoms with Crippen molar-refractivity contribution >= 4 is 5.91 Å². The van der Waals surface area contributed by atoms with Gasteiger partial charge in [-0.3, -0.25) is 4.79 Å². The average molecular weight is 289 g/mol. The van der Waals surface area contributed by atoms with Crippen molar-refractivity contribution in [3.8, 4) is 11.8 Å². The molecule has 1 aromatic carbocycles. The summed E-state index contributed by atoms with van der Waals surface area (Å²) in [7, 11) is 1.55. The first-order valence-corrected chi connectivity index (χ1v) is 7.11. The number of benzene rings is 1. The molecule has 1 amide bonds. The van der Waals surface area contributed by atoms with E-state index in [1.54, 1.807) is 13.2 Å². The Hall–Kier alpha value is -2.06. The molecule has 0 radical (unpaired) electrons. The minimum absolute atomic E-state index is 0.0635. The van der Waals surface area contributed by atoms with Gasteiger partial charge in [0.2, 0.25) is 5.91 Å². The third-order valence-corrected chi connectivity index (χ3v) is 2.95. The van der Waals surface area contributed by atoms with Crippen molar-refractivity contribution < 1.29 is 9.53 Å². The van der Waals surface area contributed by atoms with Crippen LogP contribution in [0.25, 0.3) is 0 Å². The van der Waals surface area contributed by atoms with Gasteiger partial charge in [-0.25, -0.2) is 0 Å². The Labute approximate surface area is 126 Å². The van der Waals surface area contributed by atoms with Crippen LogP contribution in [-0.4, -0.2) is 26.1 Å². The number of carbonyl (C=O) groups is 1. The number of rotatable bonds is 8. The van der Waals surface area contributed by atoms with Crippen molar-refractivity contribution in [2.24, 2.45) is 5.92 Å². The molecule has 0 aliphatic rings. The summed E-state index contributed by atoms with van der Waals surface area (Å²) >= 11 is 0. The summed E-state index contributed by atoms with van der Waals surface area (Å²) in [4.78, 5) is 11.5. The van der Waals surface area contributed by atoms with Crippen molar-refractivity contribution in [3.05, 3.63) is 29.3 Å². The number of methoxy groups -OCH3 is 1. The van der Waals surface area contributed by atoms with Gasteiger partial charge in [0.1, 0.15) is 11.8 Å². The molecule has 0 unspecified atom stereocenters. The van der Waals surface area contributed by atoms with E-state index in [1.807, 2.05) is 12.1 Å². The average Bonchev–Trinajstić information content (AvgIpc) is 2.49. The lowest BCUT2D eigenvalue weighted by atomic mass is 10.1. The summed E-state index contributed by atoms with van der Waals surface area (Å²) in [5, 5.41) is 15.0. The molecular formula is C16H23N3O2. The Balaban J connectivity index is 2.33. The van der Waals surface area contributed by atoms with Gasteiger partial charge in [-0.15, -0.1) is 0 Å². The Morgan fingerprint density at radius 3 is 2.81 bits per heavy atom. The van der Waals surface area contributed by atoms with Crippen LogP contribution in [0.15, 0.2) is 18.2 Å². The fraction of sp³-hybridized carbons (Fsp3) is 0.500. The smallest absolute Gasteiger partial charge is 0.221 e. The number of nitrogens with one attached hydrogen (secondary N) is 2. The third-order valence-electron chi connectivity index (χ3n) is 2.95. The van der Waals surface area contributed by atoms with E-state index in [0.717, 1.165) is 5.56 Å². The van der Waals surface area contributed by atoms with Gasteiger partial charge in [0.05, 0.1) is 12.7 Å². The maximum absolute atomic E-state index is 11.5. The molecule has 1 rings (SSSR count). The molecule has 0 heterocycles. The van der Waals surface area contributed by atoms with Gasteiger partial charge in [-0.2, -0.15) is 5.26 Å². The van der Waals surface area contributed by atoms with Crippen molar-refractivity contribution in [1.82, 2.24) is 10.6 Å². The van der Waals surface area contributed by atoms with Gasteiger partial charge in [0, 0.05) is 26.1 Å². The van der Waals surface area contributed by atoms with Crippen LogP contribution in [0.1, 0.15) is 31.4 Å². The molecule has 114 valence electrons. The predicted molar refractivity (Wildman–Crippen MR) is 81.9 cm³/mol. The molecular weight excluding hydrogens is 266 g/mol. The van der Waals surface area contributed by atoms with Gasteiger partial charge in [0.15, 0.2) is 0 Å². The van der Waals surface area contributed by atoms with E-state index in [9.17, 15) is 4.79 Å². The van der Waals surface area contributed by atoms with Crippen molar-refractivity contribution in [2.75, 3.05) is 20.2 Å². The molecule has 0 saturated carbocycles. The summed E-state index contributed by atoms with van der Waals surface area (Å²) in [5.74, 6) is 1.10. The molecule has 21 heavy (non-hydrogen) atoms. The fourth-order valence-electron chi connectivity index (χ4n) is 1.78. The lowest BCUT2D eigenvalue weighted by Crippen LogP contribution is -2.30. The van der Waals surface area contributed by atoms with E-state index in [-0.39, 0.29) is 5.91 Å². The maximum atomic E-state index is 11.5. The summed E-state index contributed by atoms with van der Waals surface area (Å²) in [6.07, 6.45) is 0.458. The van der Waals surface area contributed by atoms with Gasteiger partial charge in [0.25, 0.3) is 0 Å². The molecule has 2 N–H and O–H groups in total. The topological polar surface area (TPSA) is 74.2 Å². The van der Waals surface area contributed by atoms with Crippen molar-refractivity contribution in [2.45, 2.75) is 26.8 Å². The zero-order chi connectivity index (χ0) is 15.7. The van der Waals surface area contributed by atoms with Crippen LogP contribution in [0.5, 0.6) is 5.75 Å². The lowest BCUT2D eigenvalue weighted by Gasteiger charge is -2.09. The molecule has 0 bridgehead atoms. The molecule has 1 aromatic rings. The summed E-state index contributed by atoms with van der Waals surface area (Å²) in [6.45, 7) is 6.10. The van der Waals surface area contributed by atoms with Crippen LogP contribution < -0.4 is 15.4 Å². The first kappa shape index (κ1) is 17.0. The van der Waals surface area contributed by atoms with Gasteiger partial charge in [-0.05, 0) is 23.6 Å². The van der Waals surface area contributed by atoms with Crippen LogP contribution in [0.2, 0.25) is 0 Å². The molecule has 0 aliphatic carbocycles. The van der Waals surface area contributed by atoms with E-state index >= 15 is 0 Å². The van der Waals surface area contributed by atoms with Crippen molar-refractivity contribution in [3.63, 3.8) is 0 Å². The molecule has 0 aromatic heterocycles. The van der Waals surface area contributed by atoms with E-state index in [2.05, 4.69) is 30.6 Å². The first-order valence-electron chi connectivity index (χ1n) is 7.11. The highest BCUT2D eigenvalue weighted by atomic mass is 16.5. The Morgan fingerprint density at radius 2 is 2.19 bits per heavy atom. The van der Waals surface area contributed by atoms with E-state index in [0.29, 0.717) is 43.3 Å². The SMILES string of the molecule is COc1cc(CNCCC(=O)NCC(C)C)ccc1C#N. The minimum atomic E-state index is 0.0635. The van der Waals surface area contributed by atoms with Gasteiger partial charge >= 0.3 is 0 Å². The lowest BCUT2D eigenvalue weighted by molar-refractivity contribution is -0.121. The van der Waals surface area contributed by atoms with E-state index in [4.69, 9.17) is 10.00 Å². The number of hydrogen-bond acceptors (Lipinski definition) is 4. The largest absolute Gasteiger partial charge is 0.495 e. The zero-order valence-electron chi connectivity index (χ0n) is 12.9. The predicted octanol–water partition coefficient (Wildman–Crippen LogP) is 1.82. The third kappa shape index (κ3) is 6.28. The van der Waals surface area contributed by atoms with Crippen LogP contribution >= 0.6 is 0 Å². The quantitative estimate of drug-likeness (QED) is 0.716. The summed E-state index contributed by atoms with van der Waals surface area (Å²) in [5.41, 5.74) is 1.54. The summed E-state index contributed by atoms with van der Waals surface area (Å²) in [6, 6.07) is 7.54. The minimum Gasteiger partial charge on any atom is -0.495 e. The molecule has 5 nitrogen and oxygen atoms in total. The standard InChI is InChI=1S/C16H23N3O2/c1-12(2)10-19-16(20)6-7-18-11-13-4-5-14(9-17)15(8-13)21-3/h4-5,8,12,18H,6-7,10-11H2,1-3H3,(H,19,20). The van der Waals surface area contributed by atoms with E-state index < -0.39 is 0 Å². The van der Waals surface area contributed by atoms with Crippen LogP contribution in [0.4, 0.5) is 0 Å². The van der Waals surface area contributed by atoms with Crippen LogP contribution in [0, 0.1) is 17.2 Å². The highest BCUT2D eigenvalue weighted by Gasteiger charge is 2.04. The second-order valence-corrected chi connectivity index (χ2v) is 5.27. The molecule has 0 atom stereocenters. The number of nitriles is 1. The normalized spacial score (nSPS) is 10.2. The Kier molecular flexibility index (Phi) is 7.27. The number of amides is 1. The van der Waals surface area contributed by atoms with Crippen molar-refractivity contribution in [1.29, 1.82) is 5.26 Å². The summed E-state index contributed by atoms with van der Waals surface area (Å²) < 4.78 is 5.16. The Bertz CT molecular complexity index is 507.